The summed E-state index contributed by atoms with van der Waals surface area (Å²) in [4.78, 5) is 24.8. The minimum absolute atomic E-state index is 0.0888. The maximum absolute atomic E-state index is 12.4. The van der Waals surface area contributed by atoms with Gasteiger partial charge in [0.25, 0.3) is 0 Å². The van der Waals surface area contributed by atoms with E-state index in [-0.39, 0.29) is 23.7 Å². The molecule has 4 heteroatoms. The Balaban J connectivity index is 2.69. The van der Waals surface area contributed by atoms with Crippen LogP contribution in [0.3, 0.4) is 0 Å². The van der Waals surface area contributed by atoms with Gasteiger partial charge in [-0.15, -0.1) is 0 Å². The Morgan fingerprint density at radius 3 is 1.59 bits per heavy atom. The molecule has 3 rings (SSSR count). The van der Waals surface area contributed by atoms with Crippen molar-refractivity contribution in [3.8, 4) is 0 Å². The maximum atomic E-state index is 12.4. The summed E-state index contributed by atoms with van der Waals surface area (Å²) in [5.74, 6) is -1.97. The van der Waals surface area contributed by atoms with E-state index in [1.807, 2.05) is 20.8 Å². The Hall–Kier alpha value is -1.84. The van der Waals surface area contributed by atoms with Crippen LogP contribution in [0.2, 0.25) is 0 Å². The second kappa shape index (κ2) is 7.65. The van der Waals surface area contributed by atoms with Gasteiger partial charge in [-0.25, -0.2) is 0 Å². The highest BCUT2D eigenvalue weighted by Gasteiger charge is 2.51. The average molecular weight is 375 g/mol. The average Bonchev–Trinajstić information content (AvgIpc) is 2.60. The molecule has 4 nitrogen and oxygen atoms in total. The topological polar surface area (TPSA) is 74.6 Å². The van der Waals surface area contributed by atoms with Gasteiger partial charge in [0.05, 0.1) is 10.8 Å². The first-order valence-corrected chi connectivity index (χ1v) is 10.0. The largest absolute Gasteiger partial charge is 0.481 e. The minimum Gasteiger partial charge on any atom is -0.481 e. The van der Waals surface area contributed by atoms with Crippen molar-refractivity contribution in [2.24, 2.45) is 22.7 Å². The Morgan fingerprint density at radius 1 is 0.889 bits per heavy atom. The van der Waals surface area contributed by atoms with Crippen molar-refractivity contribution in [1.82, 2.24) is 0 Å². The number of hydrogen-bond donors (Lipinski definition) is 2. The lowest BCUT2D eigenvalue weighted by molar-refractivity contribution is -0.163. The van der Waals surface area contributed by atoms with Gasteiger partial charge < -0.3 is 10.2 Å². The minimum atomic E-state index is -0.988. The number of carboxylic acid groups (broad SMARTS) is 2. The molecule has 0 saturated carbocycles. The van der Waals surface area contributed by atoms with Crippen LogP contribution in [0, 0.1) is 22.7 Å². The molecule has 150 valence electrons. The molecule has 0 saturated heterocycles. The molecule has 0 fully saturated rings. The molecule has 2 aliphatic rings. The lowest BCUT2D eigenvalue weighted by Gasteiger charge is -2.45. The summed E-state index contributed by atoms with van der Waals surface area (Å²) in [5.41, 5.74) is 0.311. The van der Waals surface area contributed by atoms with Gasteiger partial charge in [-0.1, -0.05) is 58.4 Å². The summed E-state index contributed by atoms with van der Waals surface area (Å²) >= 11 is 0. The summed E-state index contributed by atoms with van der Waals surface area (Å²) in [5, 5.41) is 20.3. The second-order valence-electron chi connectivity index (χ2n) is 9.13. The van der Waals surface area contributed by atoms with Crippen molar-refractivity contribution in [1.29, 1.82) is 0 Å². The third kappa shape index (κ3) is 3.76. The highest BCUT2D eigenvalue weighted by atomic mass is 16.4. The fourth-order valence-corrected chi connectivity index (χ4v) is 5.33. The lowest BCUT2D eigenvalue weighted by Crippen LogP contribution is -2.47. The Bertz CT molecular complexity index is 695. The summed E-state index contributed by atoms with van der Waals surface area (Å²) < 4.78 is 0. The molecule has 0 radical (unpaired) electrons. The Kier molecular flexibility index (Phi) is 6.08. The third-order valence-electron chi connectivity index (χ3n) is 7.38. The molecular weight excluding hydrogens is 340 g/mol. The number of benzene rings is 1. The molecule has 0 aliphatic heterocycles. The SMILES string of the molecule is CCC1C(C)C(C)(C(=O)O)CC(C)c2ccc(cc2)C(C)CC1(C)C(=O)O. The monoisotopic (exact) mass is 374 g/mol. The predicted molar refractivity (Wildman–Crippen MR) is 107 cm³/mol. The van der Waals surface area contributed by atoms with Crippen LogP contribution in [-0.4, -0.2) is 22.2 Å². The smallest absolute Gasteiger partial charge is 0.309 e. The third-order valence-corrected chi connectivity index (χ3v) is 7.38. The molecule has 2 aliphatic carbocycles. The number of carboxylic acids is 2. The van der Waals surface area contributed by atoms with Crippen LogP contribution < -0.4 is 0 Å². The highest BCUT2D eigenvalue weighted by Crippen LogP contribution is 2.51. The predicted octanol–water partition coefficient (Wildman–Crippen LogP) is 5.53. The summed E-state index contributed by atoms with van der Waals surface area (Å²) in [6.45, 7) is 11.7. The molecule has 0 aromatic heterocycles. The van der Waals surface area contributed by atoms with Gasteiger partial charge in [0.15, 0.2) is 0 Å². The molecule has 6 unspecified atom stereocenters. The van der Waals surface area contributed by atoms with Crippen LogP contribution in [0.1, 0.15) is 83.8 Å². The Morgan fingerprint density at radius 2 is 1.26 bits per heavy atom. The van der Waals surface area contributed by atoms with Crippen molar-refractivity contribution >= 4 is 11.9 Å². The molecule has 2 bridgehead atoms. The van der Waals surface area contributed by atoms with Gasteiger partial charge in [-0.05, 0) is 61.5 Å². The normalized spacial score (nSPS) is 37.3. The van der Waals surface area contributed by atoms with Crippen LogP contribution in [0.4, 0.5) is 0 Å². The second-order valence-corrected chi connectivity index (χ2v) is 9.13. The van der Waals surface area contributed by atoms with E-state index in [0.717, 1.165) is 11.1 Å². The number of fused-ring (bicyclic) bond motifs is 9. The zero-order chi connectivity index (χ0) is 20.6. The Labute approximate surface area is 163 Å². The number of rotatable bonds is 3. The quantitative estimate of drug-likeness (QED) is 0.729. The van der Waals surface area contributed by atoms with E-state index in [1.54, 1.807) is 6.92 Å². The molecule has 6 atom stereocenters. The van der Waals surface area contributed by atoms with E-state index in [1.165, 1.54) is 0 Å². The van der Waals surface area contributed by atoms with E-state index in [4.69, 9.17) is 0 Å². The number of aliphatic carboxylic acids is 2. The van der Waals surface area contributed by atoms with Crippen molar-refractivity contribution < 1.29 is 19.8 Å². The van der Waals surface area contributed by atoms with Crippen LogP contribution >= 0.6 is 0 Å². The van der Waals surface area contributed by atoms with Crippen LogP contribution in [0.5, 0.6) is 0 Å². The fourth-order valence-electron chi connectivity index (χ4n) is 5.33. The number of hydrogen-bond acceptors (Lipinski definition) is 2. The first kappa shape index (κ1) is 21.5. The molecular formula is C23H34O4. The van der Waals surface area contributed by atoms with Gasteiger partial charge in [-0.3, -0.25) is 9.59 Å². The van der Waals surface area contributed by atoms with Crippen molar-refractivity contribution in [3.05, 3.63) is 35.4 Å². The highest BCUT2D eigenvalue weighted by molar-refractivity contribution is 5.77. The van der Waals surface area contributed by atoms with Crippen LogP contribution in [0.15, 0.2) is 24.3 Å². The van der Waals surface area contributed by atoms with E-state index in [9.17, 15) is 19.8 Å². The molecule has 1 aromatic rings. The molecule has 0 heterocycles. The summed E-state index contributed by atoms with van der Waals surface area (Å²) in [6.07, 6.45) is 1.63. The van der Waals surface area contributed by atoms with Crippen LogP contribution in [0.25, 0.3) is 0 Å². The summed E-state index contributed by atoms with van der Waals surface area (Å²) in [7, 11) is 0. The van der Waals surface area contributed by atoms with Gasteiger partial charge in [-0.2, -0.15) is 0 Å². The molecule has 27 heavy (non-hydrogen) atoms. The number of carbonyl (C=O) groups is 2. The molecule has 2 N–H and O–H groups in total. The molecule has 0 spiro atoms. The molecule has 1 aromatic carbocycles. The zero-order valence-electron chi connectivity index (χ0n) is 17.5. The van der Waals surface area contributed by atoms with Gasteiger partial charge in [0.2, 0.25) is 0 Å². The summed E-state index contributed by atoms with van der Waals surface area (Å²) in [6, 6.07) is 8.28. The van der Waals surface area contributed by atoms with E-state index in [2.05, 4.69) is 38.1 Å². The standard InChI is InChI=1S/C23H34O4/c1-7-19-16(4)22(5,20(24)25)12-14(2)17-8-10-18(11-9-17)15(3)13-23(19,6)21(26)27/h8-11,14-16,19H,7,12-13H2,1-6H3,(H,24,25)(H,26,27). The fraction of sp³-hybridized carbons (Fsp3) is 0.652. The van der Waals surface area contributed by atoms with E-state index < -0.39 is 22.8 Å². The van der Waals surface area contributed by atoms with Crippen molar-refractivity contribution in [2.45, 2.75) is 72.6 Å². The van der Waals surface area contributed by atoms with Gasteiger partial charge in [0.1, 0.15) is 0 Å². The first-order valence-electron chi connectivity index (χ1n) is 10.0. The van der Waals surface area contributed by atoms with Gasteiger partial charge in [0, 0.05) is 0 Å². The first-order chi connectivity index (χ1) is 12.5. The van der Waals surface area contributed by atoms with Crippen molar-refractivity contribution in [2.75, 3.05) is 0 Å². The van der Waals surface area contributed by atoms with Crippen molar-refractivity contribution in [3.63, 3.8) is 0 Å². The van der Waals surface area contributed by atoms with Gasteiger partial charge >= 0.3 is 11.9 Å². The lowest BCUT2D eigenvalue weighted by atomic mass is 9.57. The maximum Gasteiger partial charge on any atom is 0.309 e. The van der Waals surface area contributed by atoms with E-state index in [0.29, 0.717) is 19.3 Å². The zero-order valence-corrected chi connectivity index (χ0v) is 17.5. The molecule has 0 amide bonds. The van der Waals surface area contributed by atoms with Crippen LogP contribution in [-0.2, 0) is 9.59 Å². The van der Waals surface area contributed by atoms with E-state index >= 15 is 0 Å².